The molecule has 0 saturated heterocycles. The summed E-state index contributed by atoms with van der Waals surface area (Å²) in [5, 5.41) is 6.60. The van der Waals surface area contributed by atoms with E-state index in [1.165, 1.54) is 0 Å². The van der Waals surface area contributed by atoms with Gasteiger partial charge in [-0.15, -0.1) is 0 Å². The van der Waals surface area contributed by atoms with Gasteiger partial charge in [0.15, 0.2) is 0 Å². The van der Waals surface area contributed by atoms with E-state index < -0.39 is 0 Å². The molecule has 2 N–H and O–H groups in total. The topological polar surface area (TPSA) is 50.4 Å². The maximum absolute atomic E-state index is 11.7. The van der Waals surface area contributed by atoms with Gasteiger partial charge in [0, 0.05) is 5.02 Å². The number of hydrogen-bond donors (Lipinski definition) is 2. The zero-order valence-electron chi connectivity index (χ0n) is 11.4. The fourth-order valence-electron chi connectivity index (χ4n) is 1.63. The van der Waals surface area contributed by atoms with Crippen molar-refractivity contribution in [1.82, 2.24) is 5.32 Å². The fourth-order valence-corrected chi connectivity index (χ4v) is 2.10. The van der Waals surface area contributed by atoms with Crippen molar-refractivity contribution in [3.8, 4) is 5.75 Å². The lowest BCUT2D eigenvalue weighted by atomic mass is 10.3. The van der Waals surface area contributed by atoms with Gasteiger partial charge >= 0.3 is 6.03 Å². The van der Waals surface area contributed by atoms with Gasteiger partial charge in [-0.3, -0.25) is 0 Å². The molecule has 22 heavy (non-hydrogen) atoms. The summed E-state index contributed by atoms with van der Waals surface area (Å²) in [4.78, 5) is 11.7. The zero-order chi connectivity index (χ0) is 15.9. The Bertz CT molecular complexity index is 648. The van der Waals surface area contributed by atoms with Crippen molar-refractivity contribution < 1.29 is 9.53 Å². The maximum Gasteiger partial charge on any atom is 0.319 e. The molecule has 0 unspecified atom stereocenters. The number of anilines is 1. The fraction of sp³-hybridized carbons (Fsp3) is 0.133. The zero-order valence-corrected chi connectivity index (χ0v) is 13.7. The number of amides is 2. The summed E-state index contributed by atoms with van der Waals surface area (Å²) in [7, 11) is 0. The van der Waals surface area contributed by atoms with E-state index in [-0.39, 0.29) is 6.03 Å². The quantitative estimate of drug-likeness (QED) is 0.750. The first-order chi connectivity index (χ1) is 10.6. The Balaban J connectivity index is 1.74. The Morgan fingerprint density at radius 1 is 1.05 bits per heavy atom. The van der Waals surface area contributed by atoms with Crippen LogP contribution in [0.1, 0.15) is 0 Å². The Morgan fingerprint density at radius 3 is 2.50 bits per heavy atom. The van der Waals surface area contributed by atoms with Gasteiger partial charge in [0.2, 0.25) is 0 Å². The minimum atomic E-state index is -0.385. The molecule has 116 valence electrons. The molecule has 0 saturated carbocycles. The summed E-state index contributed by atoms with van der Waals surface area (Å²) < 4.78 is 5.46. The van der Waals surface area contributed by atoms with E-state index in [1.54, 1.807) is 42.5 Å². The monoisotopic (exact) mass is 358 g/mol. The summed E-state index contributed by atoms with van der Waals surface area (Å²) in [6, 6.07) is 11.6. The highest BCUT2D eigenvalue weighted by Gasteiger charge is 2.07. The molecule has 0 radical (unpaired) electrons. The van der Waals surface area contributed by atoms with Crippen molar-refractivity contribution in [2.45, 2.75) is 0 Å². The first-order valence-electron chi connectivity index (χ1n) is 6.43. The molecule has 2 aromatic rings. The first kappa shape index (κ1) is 16.7. The van der Waals surface area contributed by atoms with E-state index in [0.717, 1.165) is 0 Å². The predicted molar refractivity (Wildman–Crippen MR) is 90.4 cm³/mol. The van der Waals surface area contributed by atoms with E-state index in [9.17, 15) is 4.79 Å². The van der Waals surface area contributed by atoms with E-state index in [0.29, 0.717) is 39.7 Å². The summed E-state index contributed by atoms with van der Waals surface area (Å²) >= 11 is 17.6. The molecule has 0 fully saturated rings. The lowest BCUT2D eigenvalue weighted by Crippen LogP contribution is -2.32. The molecule has 0 bridgehead atoms. The molecule has 0 spiro atoms. The van der Waals surface area contributed by atoms with Crippen molar-refractivity contribution in [1.29, 1.82) is 0 Å². The summed E-state index contributed by atoms with van der Waals surface area (Å²) in [5.74, 6) is 0.685. The number of rotatable bonds is 5. The third-order valence-electron chi connectivity index (χ3n) is 2.67. The van der Waals surface area contributed by atoms with Crippen molar-refractivity contribution in [3.63, 3.8) is 0 Å². The maximum atomic E-state index is 11.7. The Morgan fingerprint density at radius 2 is 1.77 bits per heavy atom. The van der Waals surface area contributed by atoms with Gasteiger partial charge < -0.3 is 15.4 Å². The third kappa shape index (κ3) is 4.98. The summed E-state index contributed by atoms with van der Waals surface area (Å²) in [6.45, 7) is 0.672. The van der Waals surface area contributed by atoms with Crippen LogP contribution in [0.4, 0.5) is 10.5 Å². The molecule has 4 nitrogen and oxygen atoms in total. The molecule has 0 aliphatic carbocycles. The van der Waals surface area contributed by atoms with Gasteiger partial charge in [-0.25, -0.2) is 4.79 Å². The number of benzene rings is 2. The summed E-state index contributed by atoms with van der Waals surface area (Å²) in [6.07, 6.45) is 0. The molecule has 0 atom stereocenters. The molecule has 0 heterocycles. The highest BCUT2D eigenvalue weighted by Crippen LogP contribution is 2.29. The van der Waals surface area contributed by atoms with E-state index in [1.807, 2.05) is 0 Å². The van der Waals surface area contributed by atoms with Gasteiger partial charge in [0.1, 0.15) is 12.4 Å². The molecular weight excluding hydrogens is 347 g/mol. The van der Waals surface area contributed by atoms with Crippen LogP contribution < -0.4 is 15.4 Å². The predicted octanol–water partition coefficient (Wildman–Crippen LogP) is 4.85. The van der Waals surface area contributed by atoms with Crippen LogP contribution in [0, 0.1) is 0 Å². The number of carbonyl (C=O) groups excluding carboxylic acids is 1. The van der Waals surface area contributed by atoms with Gasteiger partial charge in [-0.2, -0.15) is 0 Å². The van der Waals surface area contributed by atoms with Gasteiger partial charge in [0.25, 0.3) is 0 Å². The second-order valence-corrected chi connectivity index (χ2v) is 5.51. The minimum absolute atomic E-state index is 0.303. The first-order valence-corrected chi connectivity index (χ1v) is 7.57. The van der Waals surface area contributed by atoms with Crippen LogP contribution in [0.3, 0.4) is 0 Å². The lowest BCUT2D eigenvalue weighted by molar-refractivity contribution is 0.247. The molecule has 7 heteroatoms. The highest BCUT2D eigenvalue weighted by molar-refractivity contribution is 6.43. The van der Waals surface area contributed by atoms with Gasteiger partial charge in [0.05, 0.1) is 22.3 Å². The van der Waals surface area contributed by atoms with Crippen LogP contribution in [0.2, 0.25) is 15.1 Å². The van der Waals surface area contributed by atoms with Crippen LogP contribution in [0.15, 0.2) is 42.5 Å². The number of nitrogens with one attached hydrogen (secondary N) is 2. The smallest absolute Gasteiger partial charge is 0.319 e. The molecule has 2 rings (SSSR count). The van der Waals surface area contributed by atoms with Crippen LogP contribution in [0.25, 0.3) is 0 Å². The second kappa shape index (κ2) is 8.13. The third-order valence-corrected chi connectivity index (χ3v) is 3.74. The number of ether oxygens (including phenoxy) is 1. The Kier molecular flexibility index (Phi) is 6.19. The normalized spacial score (nSPS) is 10.1. The van der Waals surface area contributed by atoms with Gasteiger partial charge in [-0.1, -0.05) is 40.9 Å². The minimum Gasteiger partial charge on any atom is -0.492 e. The average Bonchev–Trinajstić information content (AvgIpc) is 2.50. The van der Waals surface area contributed by atoms with Crippen molar-refractivity contribution in [2.24, 2.45) is 0 Å². The van der Waals surface area contributed by atoms with Gasteiger partial charge in [-0.05, 0) is 36.4 Å². The molecule has 0 aromatic heterocycles. The van der Waals surface area contributed by atoms with Crippen LogP contribution in [-0.2, 0) is 0 Å². The number of urea groups is 1. The summed E-state index contributed by atoms with van der Waals surface area (Å²) in [5.41, 5.74) is 0.449. The van der Waals surface area contributed by atoms with E-state index >= 15 is 0 Å². The number of halogens is 3. The van der Waals surface area contributed by atoms with Crippen LogP contribution >= 0.6 is 34.8 Å². The SMILES string of the molecule is O=C(NCCOc1ccc(Cl)cc1)Nc1cccc(Cl)c1Cl. The lowest BCUT2D eigenvalue weighted by Gasteiger charge is -2.10. The van der Waals surface area contributed by atoms with Crippen molar-refractivity contribution in [3.05, 3.63) is 57.5 Å². The largest absolute Gasteiger partial charge is 0.492 e. The van der Waals surface area contributed by atoms with Crippen molar-refractivity contribution >= 4 is 46.5 Å². The Hall–Kier alpha value is -1.62. The standard InChI is InChI=1S/C15H13Cl3N2O2/c16-10-4-6-11(7-5-10)22-9-8-19-15(21)20-13-3-1-2-12(17)14(13)18/h1-7H,8-9H2,(H2,19,20,21). The number of hydrogen-bond acceptors (Lipinski definition) is 2. The van der Waals surface area contributed by atoms with E-state index in [4.69, 9.17) is 39.5 Å². The average molecular weight is 360 g/mol. The second-order valence-electron chi connectivity index (χ2n) is 4.28. The number of carbonyl (C=O) groups is 1. The van der Waals surface area contributed by atoms with Crippen LogP contribution in [0.5, 0.6) is 5.75 Å². The Labute approximate surface area is 143 Å². The van der Waals surface area contributed by atoms with E-state index in [2.05, 4.69) is 10.6 Å². The molecule has 0 aliphatic heterocycles. The van der Waals surface area contributed by atoms with Crippen LogP contribution in [-0.4, -0.2) is 19.2 Å². The molecule has 2 aromatic carbocycles. The molecule has 0 aliphatic rings. The highest BCUT2D eigenvalue weighted by atomic mass is 35.5. The molecular formula is C15H13Cl3N2O2. The van der Waals surface area contributed by atoms with Crippen molar-refractivity contribution in [2.75, 3.05) is 18.5 Å². The molecule has 2 amide bonds.